The largest absolute Gasteiger partial charge is 0.369 e. The molecule has 0 bridgehead atoms. The summed E-state index contributed by atoms with van der Waals surface area (Å²) in [6, 6.07) is 15.1. The van der Waals surface area contributed by atoms with E-state index in [0.29, 0.717) is 17.2 Å². The summed E-state index contributed by atoms with van der Waals surface area (Å²) in [5.74, 6) is 0.406. The predicted molar refractivity (Wildman–Crippen MR) is 117 cm³/mol. The van der Waals surface area contributed by atoms with Crippen molar-refractivity contribution in [2.24, 2.45) is 21.5 Å². The zero-order chi connectivity index (χ0) is 20.4. The van der Waals surface area contributed by atoms with Gasteiger partial charge in [0.05, 0.1) is 0 Å². The summed E-state index contributed by atoms with van der Waals surface area (Å²) in [5.41, 5.74) is 15.0. The molecule has 1 spiro atoms. The van der Waals surface area contributed by atoms with Gasteiger partial charge < -0.3 is 16.8 Å². The monoisotopic (exact) mass is 390 g/mol. The molecular weight excluding hydrogens is 364 g/mol. The number of rotatable bonds is 3. The Labute approximate surface area is 170 Å². The molecule has 1 aliphatic carbocycles. The van der Waals surface area contributed by atoms with Crippen LogP contribution in [0, 0.1) is 6.92 Å². The fourth-order valence-corrected chi connectivity index (χ4v) is 4.13. The molecule has 1 aliphatic heterocycles. The molecule has 2 aromatic rings. The van der Waals surface area contributed by atoms with Crippen LogP contribution in [-0.4, -0.2) is 23.5 Å². The first-order chi connectivity index (χ1) is 14.0. The second kappa shape index (κ2) is 7.58. The number of hydrogen-bond donors (Lipinski definition) is 3. The molecule has 0 saturated heterocycles. The number of aliphatic imine (C=N–C) groups is 2. The number of anilines is 2. The molecule has 150 valence electrons. The van der Waals surface area contributed by atoms with E-state index >= 15 is 0 Å². The van der Waals surface area contributed by atoms with Crippen LogP contribution in [0.4, 0.5) is 11.4 Å². The van der Waals surface area contributed by atoms with Crippen molar-refractivity contribution in [1.82, 2.24) is 0 Å². The second-order valence-electron chi connectivity index (χ2n) is 7.69. The van der Waals surface area contributed by atoms with Crippen molar-refractivity contribution < 1.29 is 4.79 Å². The van der Waals surface area contributed by atoms with Crippen LogP contribution in [-0.2, 0) is 0 Å². The van der Waals surface area contributed by atoms with E-state index in [1.807, 2.05) is 60.4 Å². The third kappa shape index (κ3) is 3.81. The van der Waals surface area contributed by atoms with Gasteiger partial charge in [-0.25, -0.2) is 4.99 Å². The third-order valence-corrected chi connectivity index (χ3v) is 5.53. The van der Waals surface area contributed by atoms with E-state index in [9.17, 15) is 4.79 Å². The average Bonchev–Trinajstić information content (AvgIpc) is 2.68. The van der Waals surface area contributed by atoms with Crippen LogP contribution in [0.2, 0.25) is 0 Å². The SMILES string of the molecule is Cc1ccc(C(=O)Nc2cccc(N3C(N)=NC(N)=NC34CCCCC4)c2)cc1. The molecule has 29 heavy (non-hydrogen) atoms. The number of nitrogens with zero attached hydrogens (tertiary/aromatic N) is 3. The van der Waals surface area contributed by atoms with E-state index in [0.717, 1.165) is 36.9 Å². The number of guanidine groups is 2. The van der Waals surface area contributed by atoms with E-state index in [1.165, 1.54) is 6.42 Å². The first-order valence-corrected chi connectivity index (χ1v) is 9.95. The minimum Gasteiger partial charge on any atom is -0.369 e. The van der Waals surface area contributed by atoms with Crippen LogP contribution in [0.3, 0.4) is 0 Å². The topological polar surface area (TPSA) is 109 Å². The maximum absolute atomic E-state index is 12.6. The van der Waals surface area contributed by atoms with Crippen LogP contribution in [0.25, 0.3) is 0 Å². The van der Waals surface area contributed by atoms with Crippen LogP contribution in [0.5, 0.6) is 0 Å². The van der Waals surface area contributed by atoms with Gasteiger partial charge in [-0.1, -0.05) is 30.2 Å². The van der Waals surface area contributed by atoms with Gasteiger partial charge in [-0.05, 0) is 62.9 Å². The van der Waals surface area contributed by atoms with Crippen molar-refractivity contribution in [3.05, 3.63) is 59.7 Å². The predicted octanol–water partition coefficient (Wildman–Crippen LogP) is 3.36. The molecule has 4 rings (SSSR count). The number of nitrogens with two attached hydrogens (primary N) is 2. The number of carbonyl (C=O) groups excluding carboxylic acids is 1. The molecular formula is C22H26N6O. The highest BCUT2D eigenvalue weighted by atomic mass is 16.1. The Morgan fingerprint density at radius 1 is 1.07 bits per heavy atom. The number of nitrogens with one attached hydrogen (secondary N) is 1. The third-order valence-electron chi connectivity index (χ3n) is 5.53. The summed E-state index contributed by atoms with van der Waals surface area (Å²) in [5, 5.41) is 2.97. The van der Waals surface area contributed by atoms with E-state index in [-0.39, 0.29) is 11.9 Å². The number of hydrogen-bond acceptors (Lipinski definition) is 6. The van der Waals surface area contributed by atoms with Gasteiger partial charge in [-0.2, -0.15) is 4.99 Å². The van der Waals surface area contributed by atoms with Gasteiger partial charge in [0.1, 0.15) is 5.66 Å². The maximum Gasteiger partial charge on any atom is 0.255 e. The first-order valence-electron chi connectivity index (χ1n) is 9.95. The smallest absolute Gasteiger partial charge is 0.255 e. The summed E-state index contributed by atoms with van der Waals surface area (Å²) in [7, 11) is 0. The number of aryl methyl sites for hydroxylation is 1. The molecule has 0 unspecified atom stereocenters. The number of benzene rings is 2. The summed E-state index contributed by atoms with van der Waals surface area (Å²) in [4.78, 5) is 23.5. The minimum absolute atomic E-state index is 0.155. The Bertz CT molecular complexity index is 973. The highest BCUT2D eigenvalue weighted by molar-refractivity contribution is 6.07. The molecule has 2 aromatic carbocycles. The molecule has 7 heteroatoms. The number of carbonyl (C=O) groups is 1. The van der Waals surface area contributed by atoms with Gasteiger partial charge in [0.25, 0.3) is 5.91 Å². The molecule has 0 atom stereocenters. The van der Waals surface area contributed by atoms with Gasteiger partial charge in [0, 0.05) is 16.9 Å². The quantitative estimate of drug-likeness (QED) is 0.746. The lowest BCUT2D eigenvalue weighted by molar-refractivity contribution is 0.102. The van der Waals surface area contributed by atoms with Gasteiger partial charge in [-0.15, -0.1) is 0 Å². The maximum atomic E-state index is 12.6. The molecule has 0 aromatic heterocycles. The molecule has 5 N–H and O–H groups in total. The van der Waals surface area contributed by atoms with E-state index in [1.54, 1.807) is 0 Å². The van der Waals surface area contributed by atoms with Crippen molar-refractivity contribution in [2.75, 3.05) is 10.2 Å². The van der Waals surface area contributed by atoms with E-state index in [2.05, 4.69) is 10.3 Å². The van der Waals surface area contributed by atoms with Gasteiger partial charge >= 0.3 is 0 Å². The molecule has 2 aliphatic rings. The first kappa shape index (κ1) is 19.0. The Kier molecular flexibility index (Phi) is 4.96. The van der Waals surface area contributed by atoms with Crippen LogP contribution >= 0.6 is 0 Å². The van der Waals surface area contributed by atoms with Crippen LogP contribution in [0.1, 0.15) is 48.0 Å². The zero-order valence-electron chi connectivity index (χ0n) is 16.6. The number of amides is 1. The summed E-state index contributed by atoms with van der Waals surface area (Å²) in [6.07, 6.45) is 5.03. The lowest BCUT2D eigenvalue weighted by Crippen LogP contribution is -2.58. The van der Waals surface area contributed by atoms with Crippen LogP contribution in [0.15, 0.2) is 58.5 Å². The summed E-state index contributed by atoms with van der Waals surface area (Å²) < 4.78 is 0. The zero-order valence-corrected chi connectivity index (χ0v) is 16.6. The fourth-order valence-electron chi connectivity index (χ4n) is 4.13. The Hall–Kier alpha value is -3.35. The summed E-state index contributed by atoms with van der Waals surface area (Å²) >= 11 is 0. The van der Waals surface area contributed by atoms with Crippen molar-refractivity contribution >= 4 is 29.2 Å². The van der Waals surface area contributed by atoms with E-state index < -0.39 is 5.66 Å². The highest BCUT2D eigenvalue weighted by Gasteiger charge is 2.42. The Morgan fingerprint density at radius 2 is 1.79 bits per heavy atom. The lowest BCUT2D eigenvalue weighted by atomic mass is 9.87. The van der Waals surface area contributed by atoms with Crippen molar-refractivity contribution in [2.45, 2.75) is 44.7 Å². The molecule has 0 radical (unpaired) electrons. The standard InChI is InChI=1S/C22H26N6O/c1-15-8-10-16(11-9-15)19(29)25-17-6-5-7-18(14-17)28-21(24)26-20(23)27-22(28)12-3-2-4-13-22/h5-11,14H,2-4,12-13H2,1H3,(H,25,29)(H4,23,24,26,27). The highest BCUT2D eigenvalue weighted by Crippen LogP contribution is 2.39. The average molecular weight is 390 g/mol. The fraction of sp³-hybridized carbons (Fsp3) is 0.318. The van der Waals surface area contributed by atoms with E-state index in [4.69, 9.17) is 16.5 Å². The second-order valence-corrected chi connectivity index (χ2v) is 7.69. The van der Waals surface area contributed by atoms with Crippen molar-refractivity contribution in [3.8, 4) is 0 Å². The lowest BCUT2D eigenvalue weighted by Gasteiger charge is -2.45. The molecule has 7 nitrogen and oxygen atoms in total. The molecule has 1 amide bonds. The van der Waals surface area contributed by atoms with Crippen molar-refractivity contribution in [1.29, 1.82) is 0 Å². The minimum atomic E-state index is -0.506. The van der Waals surface area contributed by atoms with Crippen molar-refractivity contribution in [3.63, 3.8) is 0 Å². The van der Waals surface area contributed by atoms with Gasteiger partial charge in [0.15, 0.2) is 0 Å². The Balaban J connectivity index is 1.62. The molecule has 1 saturated carbocycles. The molecule has 1 fully saturated rings. The van der Waals surface area contributed by atoms with Crippen LogP contribution < -0.4 is 21.7 Å². The normalized spacial score (nSPS) is 18.2. The molecule has 1 heterocycles. The van der Waals surface area contributed by atoms with Gasteiger partial charge in [-0.3, -0.25) is 9.69 Å². The Morgan fingerprint density at radius 3 is 2.52 bits per heavy atom. The summed E-state index contributed by atoms with van der Waals surface area (Å²) in [6.45, 7) is 1.99. The van der Waals surface area contributed by atoms with Gasteiger partial charge in [0.2, 0.25) is 11.9 Å².